The molecule has 1 saturated heterocycles. The lowest BCUT2D eigenvalue weighted by molar-refractivity contribution is -0.00816. The zero-order valence-corrected chi connectivity index (χ0v) is 10.1. The second-order valence-electron chi connectivity index (χ2n) is 6.19. The molecule has 0 N–H and O–H groups in total. The summed E-state index contributed by atoms with van der Waals surface area (Å²) in [7, 11) is 0. The normalized spacial score (nSPS) is 27.9. The smallest absolute Gasteiger partial charge is 0.0161 e. The predicted octanol–water partition coefficient (Wildman–Crippen LogP) is 3.30. The molecule has 1 heterocycles. The molecule has 78 valence electrons. The third-order valence-corrected chi connectivity index (χ3v) is 3.34. The Morgan fingerprint density at radius 2 is 1.62 bits per heavy atom. The van der Waals surface area contributed by atoms with Gasteiger partial charge in [-0.1, -0.05) is 13.8 Å². The molecule has 0 aromatic rings. The van der Waals surface area contributed by atoms with Gasteiger partial charge < -0.3 is 0 Å². The Hall–Kier alpha value is -0.0400. The Kier molecular flexibility index (Phi) is 2.78. The van der Waals surface area contributed by atoms with Crippen LogP contribution in [0, 0.1) is 5.41 Å². The highest BCUT2D eigenvalue weighted by atomic mass is 15.2. The maximum absolute atomic E-state index is 2.64. The lowest BCUT2D eigenvalue weighted by Crippen LogP contribution is -2.54. The molecular weight excluding hydrogens is 158 g/mol. The van der Waals surface area contributed by atoms with Crippen molar-refractivity contribution in [1.29, 1.82) is 0 Å². The maximum atomic E-state index is 2.64. The van der Waals surface area contributed by atoms with Crippen LogP contribution in [0.25, 0.3) is 0 Å². The van der Waals surface area contributed by atoms with Gasteiger partial charge in [-0.2, -0.15) is 0 Å². The molecule has 1 rings (SSSR count). The Balaban J connectivity index is 2.73. The second-order valence-corrected chi connectivity index (χ2v) is 6.19. The van der Waals surface area contributed by atoms with Crippen LogP contribution < -0.4 is 0 Å². The number of likely N-dealkylation sites (tertiary alicyclic amines) is 1. The van der Waals surface area contributed by atoms with Crippen LogP contribution in [0.5, 0.6) is 0 Å². The molecule has 0 aliphatic carbocycles. The van der Waals surface area contributed by atoms with Crippen LogP contribution in [-0.4, -0.2) is 23.0 Å². The van der Waals surface area contributed by atoms with Crippen molar-refractivity contribution < 1.29 is 0 Å². The topological polar surface area (TPSA) is 3.24 Å². The van der Waals surface area contributed by atoms with Gasteiger partial charge in [0.15, 0.2) is 0 Å². The number of nitrogens with zero attached hydrogens (tertiary/aromatic N) is 1. The first-order chi connectivity index (χ1) is 5.75. The number of rotatable bonds is 1. The SMILES string of the molecule is CC(C)N1CCC(C)(C)CC1(C)C. The lowest BCUT2D eigenvalue weighted by atomic mass is 9.73. The minimum atomic E-state index is 0.385. The molecule has 0 unspecified atom stereocenters. The van der Waals surface area contributed by atoms with E-state index in [0.717, 1.165) is 0 Å². The van der Waals surface area contributed by atoms with Crippen LogP contribution in [-0.2, 0) is 0 Å². The minimum Gasteiger partial charge on any atom is -0.296 e. The lowest BCUT2D eigenvalue weighted by Gasteiger charge is -2.51. The summed E-state index contributed by atoms with van der Waals surface area (Å²) in [5, 5.41) is 0. The average molecular weight is 183 g/mol. The highest BCUT2D eigenvalue weighted by Crippen LogP contribution is 2.40. The predicted molar refractivity (Wildman–Crippen MR) is 58.9 cm³/mol. The first kappa shape index (κ1) is 11.0. The van der Waals surface area contributed by atoms with E-state index in [0.29, 0.717) is 17.0 Å². The molecular formula is C12H25N. The van der Waals surface area contributed by atoms with Crippen molar-refractivity contribution in [2.45, 2.75) is 66.0 Å². The van der Waals surface area contributed by atoms with Crippen LogP contribution in [0.15, 0.2) is 0 Å². The van der Waals surface area contributed by atoms with Gasteiger partial charge in [0, 0.05) is 11.6 Å². The molecule has 1 nitrogen and oxygen atoms in total. The summed E-state index contributed by atoms with van der Waals surface area (Å²) in [5.74, 6) is 0. The number of hydrogen-bond acceptors (Lipinski definition) is 1. The monoisotopic (exact) mass is 183 g/mol. The molecule has 1 aliphatic heterocycles. The number of hydrogen-bond donors (Lipinski definition) is 0. The zero-order valence-electron chi connectivity index (χ0n) is 10.1. The molecule has 0 amide bonds. The Labute approximate surface area is 83.5 Å². The standard InChI is InChI=1S/C12H25N/c1-10(2)13-8-7-11(3,4)9-12(13,5)6/h10H,7-9H2,1-6H3. The van der Waals surface area contributed by atoms with Gasteiger partial charge in [0.1, 0.15) is 0 Å². The van der Waals surface area contributed by atoms with E-state index in [-0.39, 0.29) is 0 Å². The Morgan fingerprint density at radius 1 is 1.08 bits per heavy atom. The van der Waals surface area contributed by atoms with Crippen molar-refractivity contribution in [3.8, 4) is 0 Å². The molecule has 0 spiro atoms. The summed E-state index contributed by atoms with van der Waals surface area (Å²) in [6, 6.07) is 0.686. The molecule has 1 heteroatoms. The van der Waals surface area contributed by atoms with E-state index in [9.17, 15) is 0 Å². The van der Waals surface area contributed by atoms with Gasteiger partial charge in [0.05, 0.1) is 0 Å². The van der Waals surface area contributed by atoms with Gasteiger partial charge in [-0.3, -0.25) is 4.90 Å². The first-order valence-corrected chi connectivity index (χ1v) is 5.51. The minimum absolute atomic E-state index is 0.385. The van der Waals surface area contributed by atoms with E-state index < -0.39 is 0 Å². The summed E-state index contributed by atoms with van der Waals surface area (Å²) >= 11 is 0. The van der Waals surface area contributed by atoms with Crippen molar-refractivity contribution in [2.24, 2.45) is 5.41 Å². The summed E-state index contributed by atoms with van der Waals surface area (Å²) in [6.45, 7) is 15.4. The molecule has 1 fully saturated rings. The second kappa shape index (κ2) is 3.27. The third kappa shape index (κ3) is 2.46. The van der Waals surface area contributed by atoms with Crippen molar-refractivity contribution in [3.63, 3.8) is 0 Å². The molecule has 13 heavy (non-hydrogen) atoms. The molecule has 0 saturated carbocycles. The Morgan fingerprint density at radius 3 is 2.00 bits per heavy atom. The number of piperidine rings is 1. The Bertz CT molecular complexity index is 180. The van der Waals surface area contributed by atoms with Crippen molar-refractivity contribution in [3.05, 3.63) is 0 Å². The summed E-state index contributed by atoms with van der Waals surface area (Å²) in [5.41, 5.74) is 0.921. The largest absolute Gasteiger partial charge is 0.296 e. The van der Waals surface area contributed by atoms with Gasteiger partial charge in [0.25, 0.3) is 0 Å². The van der Waals surface area contributed by atoms with Gasteiger partial charge in [-0.25, -0.2) is 0 Å². The van der Waals surface area contributed by atoms with Gasteiger partial charge >= 0.3 is 0 Å². The third-order valence-electron chi connectivity index (χ3n) is 3.34. The fraction of sp³-hybridized carbons (Fsp3) is 1.00. The van der Waals surface area contributed by atoms with Gasteiger partial charge in [-0.05, 0) is 52.5 Å². The summed E-state index contributed by atoms with van der Waals surface area (Å²) < 4.78 is 0. The van der Waals surface area contributed by atoms with Gasteiger partial charge in [-0.15, -0.1) is 0 Å². The molecule has 0 atom stereocenters. The zero-order chi connectivity index (χ0) is 10.3. The fourth-order valence-electron chi connectivity index (χ4n) is 3.04. The van der Waals surface area contributed by atoms with Crippen LogP contribution >= 0.6 is 0 Å². The van der Waals surface area contributed by atoms with Crippen LogP contribution in [0.1, 0.15) is 54.4 Å². The molecule has 1 aliphatic rings. The van der Waals surface area contributed by atoms with Crippen LogP contribution in [0.2, 0.25) is 0 Å². The van der Waals surface area contributed by atoms with E-state index in [4.69, 9.17) is 0 Å². The first-order valence-electron chi connectivity index (χ1n) is 5.51. The van der Waals surface area contributed by atoms with E-state index in [1.807, 2.05) is 0 Å². The summed E-state index contributed by atoms with van der Waals surface area (Å²) in [4.78, 5) is 2.64. The van der Waals surface area contributed by atoms with Crippen molar-refractivity contribution >= 4 is 0 Å². The van der Waals surface area contributed by atoms with E-state index >= 15 is 0 Å². The quantitative estimate of drug-likeness (QED) is 0.603. The van der Waals surface area contributed by atoms with Crippen LogP contribution in [0.4, 0.5) is 0 Å². The highest BCUT2D eigenvalue weighted by Gasteiger charge is 2.39. The van der Waals surface area contributed by atoms with E-state index in [1.165, 1.54) is 19.4 Å². The molecule has 0 aromatic carbocycles. The van der Waals surface area contributed by atoms with E-state index in [1.54, 1.807) is 0 Å². The van der Waals surface area contributed by atoms with Crippen molar-refractivity contribution in [2.75, 3.05) is 6.54 Å². The maximum Gasteiger partial charge on any atom is 0.0161 e. The molecule has 0 radical (unpaired) electrons. The molecule has 0 bridgehead atoms. The fourth-order valence-corrected chi connectivity index (χ4v) is 3.04. The molecule has 0 aromatic heterocycles. The average Bonchev–Trinajstić information content (AvgIpc) is 1.79. The summed E-state index contributed by atoms with van der Waals surface area (Å²) in [6.07, 6.45) is 2.66. The van der Waals surface area contributed by atoms with Crippen LogP contribution in [0.3, 0.4) is 0 Å². The van der Waals surface area contributed by atoms with Crippen molar-refractivity contribution in [1.82, 2.24) is 4.90 Å². The highest BCUT2D eigenvalue weighted by molar-refractivity contribution is 4.94. The van der Waals surface area contributed by atoms with Gasteiger partial charge in [0.2, 0.25) is 0 Å². The van der Waals surface area contributed by atoms with E-state index in [2.05, 4.69) is 46.4 Å².